The summed E-state index contributed by atoms with van der Waals surface area (Å²) in [5.41, 5.74) is 15.6. The van der Waals surface area contributed by atoms with Gasteiger partial charge in [-0.2, -0.15) is 0 Å². The summed E-state index contributed by atoms with van der Waals surface area (Å²) in [5.74, 6) is 1.68. The fourth-order valence-corrected chi connectivity index (χ4v) is 9.80. The van der Waals surface area contributed by atoms with Crippen molar-refractivity contribution >= 4 is 43.7 Å². The van der Waals surface area contributed by atoms with Crippen molar-refractivity contribution in [2.45, 2.75) is 0 Å². The Morgan fingerprint density at radius 1 is 0.353 bits per heavy atom. The van der Waals surface area contributed by atoms with E-state index in [1.165, 1.54) is 0 Å². The van der Waals surface area contributed by atoms with Gasteiger partial charge in [-0.25, -0.2) is 15.0 Å². The Morgan fingerprint density at radius 3 is 1.54 bits per heavy atom. The normalized spacial score (nSPS) is 11.5. The van der Waals surface area contributed by atoms with Crippen LogP contribution in [0.1, 0.15) is 0 Å². The van der Waals surface area contributed by atoms with E-state index in [2.05, 4.69) is 174 Å². The predicted molar refractivity (Wildman–Crippen MR) is 277 cm³/mol. The van der Waals surface area contributed by atoms with E-state index in [0.29, 0.717) is 17.5 Å². The Bertz CT molecular complexity index is 3880. The molecule has 13 rings (SSSR count). The number of fused-ring (bicyclic) bond motifs is 7. The molecule has 0 unspecified atom stereocenters. The van der Waals surface area contributed by atoms with Gasteiger partial charge >= 0.3 is 0 Å². The minimum absolute atomic E-state index is 0.521. The van der Waals surface area contributed by atoms with E-state index in [1.807, 2.05) is 66.9 Å². The smallest absolute Gasteiger partial charge is 0.166 e. The average Bonchev–Trinajstić information content (AvgIpc) is 3.97. The van der Waals surface area contributed by atoms with Crippen LogP contribution in [0, 0.1) is 0 Å². The quantitative estimate of drug-likeness (QED) is 0.152. The lowest BCUT2D eigenvalue weighted by molar-refractivity contribution is 0.673. The zero-order valence-electron chi connectivity index (χ0n) is 36.7. The van der Waals surface area contributed by atoms with E-state index < -0.39 is 0 Å². The monoisotopic (exact) mass is 869 g/mol. The zero-order valence-corrected chi connectivity index (χ0v) is 36.7. The Labute approximate surface area is 392 Å². The second-order valence-corrected chi connectivity index (χ2v) is 17.0. The summed E-state index contributed by atoms with van der Waals surface area (Å²) < 4.78 is 9.20. The van der Waals surface area contributed by atoms with E-state index in [4.69, 9.17) is 24.4 Å². The summed E-state index contributed by atoms with van der Waals surface area (Å²) in [5, 5.41) is 4.26. The van der Waals surface area contributed by atoms with Gasteiger partial charge in [0.05, 0.1) is 22.1 Å². The number of hydrogen-bond donors (Lipinski definition) is 0. The molecule has 4 aromatic heterocycles. The van der Waals surface area contributed by atoms with Crippen LogP contribution in [0.15, 0.2) is 241 Å². The van der Waals surface area contributed by atoms with Crippen LogP contribution in [0.5, 0.6) is 0 Å². The summed E-state index contributed by atoms with van der Waals surface area (Å²) in [6.45, 7) is 0. The van der Waals surface area contributed by atoms with Gasteiger partial charge in [-0.15, -0.1) is 0 Å². The zero-order chi connectivity index (χ0) is 45.0. The topological polar surface area (TPSA) is 69.6 Å². The number of pyridine rings is 1. The van der Waals surface area contributed by atoms with Gasteiger partial charge in [0.1, 0.15) is 11.2 Å². The summed E-state index contributed by atoms with van der Waals surface area (Å²) in [4.78, 5) is 21.1. The second-order valence-electron chi connectivity index (χ2n) is 17.0. The molecule has 0 saturated heterocycles. The highest BCUT2D eigenvalue weighted by Gasteiger charge is 2.23. The molecule has 13 aromatic rings. The van der Waals surface area contributed by atoms with Gasteiger partial charge < -0.3 is 8.98 Å². The number of nitrogens with zero attached hydrogens (tertiary/aromatic N) is 5. The van der Waals surface area contributed by atoms with Crippen molar-refractivity contribution in [3.8, 4) is 84.5 Å². The minimum Gasteiger partial charge on any atom is -0.455 e. The van der Waals surface area contributed by atoms with Gasteiger partial charge in [-0.1, -0.05) is 176 Å². The number of aromatic nitrogens is 5. The number of rotatable bonds is 8. The van der Waals surface area contributed by atoms with Crippen molar-refractivity contribution in [2.24, 2.45) is 0 Å². The molecule has 0 aliphatic rings. The maximum absolute atomic E-state index is 6.88. The van der Waals surface area contributed by atoms with Gasteiger partial charge in [0.15, 0.2) is 17.5 Å². The van der Waals surface area contributed by atoms with Crippen LogP contribution in [0.3, 0.4) is 0 Å². The van der Waals surface area contributed by atoms with Crippen molar-refractivity contribution in [1.29, 1.82) is 0 Å². The third kappa shape index (κ3) is 6.66. The van der Waals surface area contributed by atoms with Crippen molar-refractivity contribution < 1.29 is 4.42 Å². The first-order valence-corrected chi connectivity index (χ1v) is 22.8. The van der Waals surface area contributed by atoms with Gasteiger partial charge in [0.2, 0.25) is 0 Å². The molecule has 0 spiro atoms. The number of benzene rings is 9. The Morgan fingerprint density at radius 2 is 0.912 bits per heavy atom. The van der Waals surface area contributed by atoms with Crippen molar-refractivity contribution in [3.63, 3.8) is 0 Å². The van der Waals surface area contributed by atoms with Gasteiger partial charge in [-0.05, 0) is 82.4 Å². The SMILES string of the molecule is c1ccc(-c2nc(-c3ccccc3)nc(-c3cc(-c4c(-c5ccccc5)cccc4-c4ccccc4)cnc3-c3ccc4oc5c(ccc6c5c5ccccc5n6-c5ccccc5)c4c3)n2)cc1. The highest BCUT2D eigenvalue weighted by atomic mass is 16.3. The molecule has 4 heterocycles. The molecular weight excluding hydrogens is 831 g/mol. The summed E-state index contributed by atoms with van der Waals surface area (Å²) in [7, 11) is 0. The van der Waals surface area contributed by atoms with Crippen molar-refractivity contribution in [3.05, 3.63) is 237 Å². The summed E-state index contributed by atoms with van der Waals surface area (Å²) in [6.07, 6.45) is 2.00. The molecule has 6 nitrogen and oxygen atoms in total. The fourth-order valence-electron chi connectivity index (χ4n) is 9.80. The van der Waals surface area contributed by atoms with Crippen molar-refractivity contribution in [2.75, 3.05) is 0 Å². The molecular formula is C62H39N5O. The molecule has 0 aliphatic heterocycles. The van der Waals surface area contributed by atoms with Crippen LogP contribution < -0.4 is 0 Å². The minimum atomic E-state index is 0.521. The van der Waals surface area contributed by atoms with E-state index >= 15 is 0 Å². The van der Waals surface area contributed by atoms with E-state index in [9.17, 15) is 0 Å². The lowest BCUT2D eigenvalue weighted by atomic mass is 9.87. The van der Waals surface area contributed by atoms with Gasteiger partial charge in [-0.3, -0.25) is 4.98 Å². The van der Waals surface area contributed by atoms with Crippen LogP contribution in [0.2, 0.25) is 0 Å². The van der Waals surface area contributed by atoms with Crippen LogP contribution >= 0.6 is 0 Å². The molecule has 0 aliphatic carbocycles. The molecule has 68 heavy (non-hydrogen) atoms. The molecule has 0 bridgehead atoms. The number of furan rings is 1. The molecule has 6 heteroatoms. The highest BCUT2D eigenvalue weighted by molar-refractivity contribution is 6.24. The molecule has 318 valence electrons. The second kappa shape index (κ2) is 16.3. The Hall–Kier alpha value is -9.26. The third-order valence-electron chi connectivity index (χ3n) is 12.9. The molecule has 9 aromatic carbocycles. The van der Waals surface area contributed by atoms with Crippen LogP contribution in [0.4, 0.5) is 0 Å². The first kappa shape index (κ1) is 39.1. The largest absolute Gasteiger partial charge is 0.455 e. The van der Waals surface area contributed by atoms with E-state index in [-0.39, 0.29) is 0 Å². The maximum atomic E-state index is 6.88. The molecule has 0 N–H and O–H groups in total. The van der Waals surface area contributed by atoms with E-state index in [0.717, 1.165) is 111 Å². The summed E-state index contributed by atoms with van der Waals surface area (Å²) >= 11 is 0. The fraction of sp³-hybridized carbons (Fsp3) is 0. The third-order valence-corrected chi connectivity index (χ3v) is 12.9. The van der Waals surface area contributed by atoms with Gasteiger partial charge in [0, 0.05) is 55.9 Å². The van der Waals surface area contributed by atoms with Gasteiger partial charge in [0.25, 0.3) is 0 Å². The van der Waals surface area contributed by atoms with Crippen LogP contribution in [-0.4, -0.2) is 24.5 Å². The lowest BCUT2D eigenvalue weighted by Gasteiger charge is -2.18. The average molecular weight is 870 g/mol. The molecule has 0 amide bonds. The molecule has 0 fully saturated rings. The standard InChI is InChI=1S/C62H39N5O/c1-6-19-40(20-7-1)47-30-18-31-48(41-21-8-2-9-22-41)56(47)45-38-52(62-65-60(42-23-10-3-11-24-42)64-61(66-62)43-25-12-4-13-26-43)58(63-39-45)44-33-36-55-51(37-44)49-34-35-54-57(59(49)68-55)50-29-16-17-32-53(50)67(54)46-27-14-5-15-28-46/h1-39H. The number of hydrogen-bond acceptors (Lipinski definition) is 5. The highest BCUT2D eigenvalue weighted by Crippen LogP contribution is 2.45. The molecule has 0 saturated carbocycles. The van der Waals surface area contributed by atoms with Crippen LogP contribution in [-0.2, 0) is 0 Å². The summed E-state index contributed by atoms with van der Waals surface area (Å²) in [6, 6.07) is 80.0. The maximum Gasteiger partial charge on any atom is 0.166 e. The van der Waals surface area contributed by atoms with Crippen LogP contribution in [0.25, 0.3) is 128 Å². The van der Waals surface area contributed by atoms with Crippen molar-refractivity contribution in [1.82, 2.24) is 24.5 Å². The first-order valence-electron chi connectivity index (χ1n) is 22.8. The van der Waals surface area contributed by atoms with E-state index in [1.54, 1.807) is 0 Å². The first-order chi connectivity index (χ1) is 33.7. The Kier molecular flexibility index (Phi) is 9.39. The molecule has 0 radical (unpaired) electrons. The predicted octanol–water partition coefficient (Wildman–Crippen LogP) is 15.9. The Balaban J connectivity index is 1.07. The lowest BCUT2D eigenvalue weighted by Crippen LogP contribution is -2.02. The molecule has 0 atom stereocenters. The number of para-hydroxylation sites is 2.